The largest absolute Gasteiger partial charge is 0.0654 e. The van der Waals surface area contributed by atoms with E-state index in [0.717, 1.165) is 17.8 Å². The zero-order valence-electron chi connectivity index (χ0n) is 19.1. The highest BCUT2D eigenvalue weighted by Crippen LogP contribution is 2.38. The van der Waals surface area contributed by atoms with Gasteiger partial charge in [-0.1, -0.05) is 108 Å². The summed E-state index contributed by atoms with van der Waals surface area (Å²) in [5.41, 5.74) is 5.74. The minimum absolute atomic E-state index is 0.784. The first-order chi connectivity index (χ1) is 14.2. The van der Waals surface area contributed by atoms with Gasteiger partial charge in [-0.25, -0.2) is 0 Å². The highest BCUT2D eigenvalue weighted by molar-refractivity contribution is 5.64. The zero-order valence-corrected chi connectivity index (χ0v) is 19.1. The predicted octanol–water partition coefficient (Wildman–Crippen LogP) is 9.19. The molecule has 0 radical (unpaired) electrons. The van der Waals surface area contributed by atoms with Crippen LogP contribution in [0.1, 0.15) is 102 Å². The molecule has 1 fully saturated rings. The van der Waals surface area contributed by atoms with Gasteiger partial charge in [-0.3, -0.25) is 0 Å². The van der Waals surface area contributed by atoms with Gasteiger partial charge in [0.25, 0.3) is 0 Å². The molecule has 158 valence electrons. The van der Waals surface area contributed by atoms with Gasteiger partial charge in [0.05, 0.1) is 0 Å². The number of unbranched alkanes of at least 4 members (excludes halogenated alkanes) is 2. The zero-order chi connectivity index (χ0) is 20.5. The Balaban J connectivity index is 1.52. The summed E-state index contributed by atoms with van der Waals surface area (Å²) in [5, 5.41) is 0. The number of rotatable bonds is 10. The van der Waals surface area contributed by atoms with E-state index in [9.17, 15) is 0 Å². The van der Waals surface area contributed by atoms with E-state index in [2.05, 4.69) is 69.3 Å². The molecule has 0 aromatic heterocycles. The van der Waals surface area contributed by atoms with Crippen molar-refractivity contribution >= 4 is 0 Å². The molecule has 0 heterocycles. The summed E-state index contributed by atoms with van der Waals surface area (Å²) in [4.78, 5) is 0. The van der Waals surface area contributed by atoms with Crippen LogP contribution in [0.15, 0.2) is 48.5 Å². The second-order valence-corrected chi connectivity index (χ2v) is 9.63. The minimum atomic E-state index is 0.784. The molecule has 0 amide bonds. The number of benzene rings is 2. The lowest BCUT2D eigenvalue weighted by Crippen LogP contribution is -2.13. The normalized spacial score (nSPS) is 20.5. The molecule has 0 N–H and O–H groups in total. The molecular weight excluding hydrogens is 348 g/mol. The third kappa shape index (κ3) is 6.73. The standard InChI is InChI=1S/C29H42/c1-4-6-7-9-24-10-14-26(15-11-24)28-18-20-29(21-19-28)27-16-12-25(13-17-27)22-23(3)8-5-2/h12-13,16-21,23-24,26H,4-11,14-15,22H2,1-3H3. The molecule has 1 aliphatic carbocycles. The molecule has 0 spiro atoms. The van der Waals surface area contributed by atoms with Crippen molar-refractivity contribution in [2.24, 2.45) is 11.8 Å². The van der Waals surface area contributed by atoms with E-state index in [4.69, 9.17) is 0 Å². The number of hydrogen-bond donors (Lipinski definition) is 0. The van der Waals surface area contributed by atoms with Crippen LogP contribution in [0, 0.1) is 11.8 Å². The van der Waals surface area contributed by atoms with Gasteiger partial charge in [-0.05, 0) is 72.1 Å². The van der Waals surface area contributed by atoms with Crippen molar-refractivity contribution < 1.29 is 0 Å². The maximum absolute atomic E-state index is 2.40. The maximum Gasteiger partial charge on any atom is -0.0162 e. The molecular formula is C29H42. The molecule has 0 aliphatic heterocycles. The molecule has 1 aliphatic rings. The maximum atomic E-state index is 2.40. The first kappa shape index (κ1) is 22.1. The van der Waals surface area contributed by atoms with E-state index in [-0.39, 0.29) is 0 Å². The Morgan fingerprint density at radius 2 is 1.38 bits per heavy atom. The molecule has 2 aromatic rings. The monoisotopic (exact) mass is 390 g/mol. The molecule has 29 heavy (non-hydrogen) atoms. The Labute approximate surface area is 180 Å². The molecule has 3 rings (SSSR count). The first-order valence-electron chi connectivity index (χ1n) is 12.4. The second kappa shape index (κ2) is 11.6. The fourth-order valence-corrected chi connectivity index (χ4v) is 5.25. The van der Waals surface area contributed by atoms with Crippen LogP contribution in [0.5, 0.6) is 0 Å². The summed E-state index contributed by atoms with van der Waals surface area (Å²) < 4.78 is 0. The lowest BCUT2D eigenvalue weighted by molar-refractivity contribution is 0.303. The quantitative estimate of drug-likeness (QED) is 0.355. The molecule has 1 unspecified atom stereocenters. The summed E-state index contributed by atoms with van der Waals surface area (Å²) in [7, 11) is 0. The van der Waals surface area contributed by atoms with Crippen molar-refractivity contribution in [1.29, 1.82) is 0 Å². The van der Waals surface area contributed by atoms with Gasteiger partial charge in [-0.15, -0.1) is 0 Å². The Bertz CT molecular complexity index is 686. The van der Waals surface area contributed by atoms with Crippen molar-refractivity contribution in [3.63, 3.8) is 0 Å². The summed E-state index contributed by atoms with van der Waals surface area (Å²) >= 11 is 0. The van der Waals surface area contributed by atoms with E-state index >= 15 is 0 Å². The van der Waals surface area contributed by atoms with E-state index in [1.54, 1.807) is 5.56 Å². The van der Waals surface area contributed by atoms with Crippen molar-refractivity contribution in [2.45, 2.75) is 97.3 Å². The Hall–Kier alpha value is -1.56. The van der Waals surface area contributed by atoms with Crippen molar-refractivity contribution in [3.8, 4) is 11.1 Å². The average Bonchev–Trinajstić information content (AvgIpc) is 2.75. The molecule has 2 aromatic carbocycles. The molecule has 0 bridgehead atoms. The fourth-order valence-electron chi connectivity index (χ4n) is 5.25. The third-order valence-corrected chi connectivity index (χ3v) is 7.10. The Morgan fingerprint density at radius 1 is 0.759 bits per heavy atom. The van der Waals surface area contributed by atoms with Gasteiger partial charge < -0.3 is 0 Å². The summed E-state index contributed by atoms with van der Waals surface area (Å²) in [6, 6.07) is 18.8. The van der Waals surface area contributed by atoms with Gasteiger partial charge in [0, 0.05) is 0 Å². The third-order valence-electron chi connectivity index (χ3n) is 7.10. The van der Waals surface area contributed by atoms with Crippen molar-refractivity contribution in [3.05, 3.63) is 59.7 Å². The van der Waals surface area contributed by atoms with E-state index < -0.39 is 0 Å². The van der Waals surface area contributed by atoms with Crippen LogP contribution in [0.3, 0.4) is 0 Å². The minimum Gasteiger partial charge on any atom is -0.0654 e. The summed E-state index contributed by atoms with van der Waals surface area (Å²) in [6.07, 6.45) is 15.1. The van der Waals surface area contributed by atoms with E-state index in [1.807, 2.05) is 0 Å². The summed E-state index contributed by atoms with van der Waals surface area (Å²) in [5.74, 6) is 2.57. The van der Waals surface area contributed by atoms with Crippen LogP contribution < -0.4 is 0 Å². The van der Waals surface area contributed by atoms with E-state index in [0.29, 0.717) is 0 Å². The van der Waals surface area contributed by atoms with Gasteiger partial charge >= 0.3 is 0 Å². The fraction of sp³-hybridized carbons (Fsp3) is 0.586. The van der Waals surface area contributed by atoms with Crippen LogP contribution in [0.2, 0.25) is 0 Å². The lowest BCUT2D eigenvalue weighted by Gasteiger charge is -2.29. The van der Waals surface area contributed by atoms with Crippen LogP contribution in [-0.2, 0) is 6.42 Å². The highest BCUT2D eigenvalue weighted by Gasteiger charge is 2.22. The highest BCUT2D eigenvalue weighted by atomic mass is 14.3. The van der Waals surface area contributed by atoms with Gasteiger partial charge in [-0.2, -0.15) is 0 Å². The van der Waals surface area contributed by atoms with Crippen LogP contribution in [0.4, 0.5) is 0 Å². The topological polar surface area (TPSA) is 0 Å². The van der Waals surface area contributed by atoms with Gasteiger partial charge in [0.15, 0.2) is 0 Å². The SMILES string of the molecule is CCCCCC1CCC(c2ccc(-c3ccc(CC(C)CCC)cc3)cc2)CC1. The van der Waals surface area contributed by atoms with Gasteiger partial charge in [0.1, 0.15) is 0 Å². The number of hydrogen-bond acceptors (Lipinski definition) is 0. The molecule has 1 atom stereocenters. The molecule has 0 nitrogen and oxygen atoms in total. The van der Waals surface area contributed by atoms with Crippen LogP contribution >= 0.6 is 0 Å². The van der Waals surface area contributed by atoms with Crippen molar-refractivity contribution in [1.82, 2.24) is 0 Å². The Kier molecular flexibility index (Phi) is 8.84. The van der Waals surface area contributed by atoms with Crippen LogP contribution in [0.25, 0.3) is 11.1 Å². The molecule has 0 heteroatoms. The van der Waals surface area contributed by atoms with Crippen molar-refractivity contribution in [2.75, 3.05) is 0 Å². The van der Waals surface area contributed by atoms with Crippen LogP contribution in [-0.4, -0.2) is 0 Å². The predicted molar refractivity (Wildman–Crippen MR) is 128 cm³/mol. The average molecular weight is 391 g/mol. The molecule has 1 saturated carbocycles. The molecule has 0 saturated heterocycles. The first-order valence-corrected chi connectivity index (χ1v) is 12.4. The Morgan fingerprint density at radius 3 is 1.97 bits per heavy atom. The lowest BCUT2D eigenvalue weighted by atomic mass is 9.77. The second-order valence-electron chi connectivity index (χ2n) is 9.63. The van der Waals surface area contributed by atoms with E-state index in [1.165, 1.54) is 87.3 Å². The summed E-state index contributed by atoms with van der Waals surface area (Å²) in [6.45, 7) is 6.96. The smallest absolute Gasteiger partial charge is 0.0162 e. The van der Waals surface area contributed by atoms with Gasteiger partial charge in [0.2, 0.25) is 0 Å².